The second kappa shape index (κ2) is 10.1. The lowest BCUT2D eigenvalue weighted by Crippen LogP contribution is -2.44. The van der Waals surface area contributed by atoms with Crippen LogP contribution in [0.15, 0.2) is 35.3 Å². The molecule has 5 nitrogen and oxygen atoms in total. The zero-order valence-corrected chi connectivity index (χ0v) is 14.4. The first-order chi connectivity index (χ1) is 11.3. The van der Waals surface area contributed by atoms with Crippen LogP contribution in [0.3, 0.4) is 0 Å². The van der Waals surface area contributed by atoms with Gasteiger partial charge in [-0.1, -0.05) is 18.2 Å². The van der Waals surface area contributed by atoms with Crippen molar-refractivity contribution in [2.45, 2.75) is 32.2 Å². The Hall–Kier alpha value is -1.75. The third-order valence-corrected chi connectivity index (χ3v) is 4.09. The number of guanidine groups is 1. The lowest BCUT2D eigenvalue weighted by atomic mass is 10.2. The molecule has 1 aliphatic heterocycles. The summed E-state index contributed by atoms with van der Waals surface area (Å²) in [7, 11) is 1.83. The molecule has 2 N–H and O–H groups in total. The maximum Gasteiger partial charge on any atom is 0.191 e. The molecule has 2 rings (SSSR count). The van der Waals surface area contributed by atoms with Crippen LogP contribution in [0.2, 0.25) is 0 Å². The Bertz CT molecular complexity index is 463. The average Bonchev–Trinajstić information content (AvgIpc) is 3.06. The molecule has 0 amide bonds. The second-order valence-electron chi connectivity index (χ2n) is 5.81. The van der Waals surface area contributed by atoms with Gasteiger partial charge in [0.25, 0.3) is 0 Å². The van der Waals surface area contributed by atoms with Crippen LogP contribution in [0.1, 0.15) is 26.2 Å². The first kappa shape index (κ1) is 17.6. The Morgan fingerprint density at radius 3 is 2.87 bits per heavy atom. The fraction of sp³-hybridized carbons (Fsp3) is 0.611. The SMILES string of the molecule is CCOCCCCNC(=NC)NC1CCN(c2ccccc2)C1. The van der Waals surface area contributed by atoms with E-state index in [0.717, 1.165) is 58.1 Å². The molecule has 0 radical (unpaired) electrons. The van der Waals surface area contributed by atoms with Gasteiger partial charge in [-0.3, -0.25) is 4.99 Å². The summed E-state index contributed by atoms with van der Waals surface area (Å²) in [6.07, 6.45) is 3.32. The number of para-hydroxylation sites is 1. The smallest absolute Gasteiger partial charge is 0.191 e. The van der Waals surface area contributed by atoms with Crippen LogP contribution in [0.5, 0.6) is 0 Å². The summed E-state index contributed by atoms with van der Waals surface area (Å²) >= 11 is 0. The molecule has 0 bridgehead atoms. The number of hydrogen-bond donors (Lipinski definition) is 2. The van der Waals surface area contributed by atoms with Crippen LogP contribution in [-0.2, 0) is 4.74 Å². The van der Waals surface area contributed by atoms with E-state index < -0.39 is 0 Å². The summed E-state index contributed by atoms with van der Waals surface area (Å²) < 4.78 is 5.35. The van der Waals surface area contributed by atoms with Gasteiger partial charge in [-0.15, -0.1) is 0 Å². The first-order valence-electron chi connectivity index (χ1n) is 8.68. The molecular formula is C18H30N4O. The average molecular weight is 318 g/mol. The Balaban J connectivity index is 1.67. The van der Waals surface area contributed by atoms with E-state index in [1.165, 1.54) is 5.69 Å². The van der Waals surface area contributed by atoms with E-state index in [1.54, 1.807) is 0 Å². The van der Waals surface area contributed by atoms with Gasteiger partial charge in [0.05, 0.1) is 0 Å². The molecule has 23 heavy (non-hydrogen) atoms. The quantitative estimate of drug-likeness (QED) is 0.438. The maximum atomic E-state index is 5.35. The molecule has 1 saturated heterocycles. The van der Waals surface area contributed by atoms with Crippen molar-refractivity contribution in [1.82, 2.24) is 10.6 Å². The van der Waals surface area contributed by atoms with E-state index in [2.05, 4.69) is 50.9 Å². The van der Waals surface area contributed by atoms with Crippen LogP contribution in [0.25, 0.3) is 0 Å². The van der Waals surface area contributed by atoms with E-state index in [1.807, 2.05) is 14.0 Å². The highest BCUT2D eigenvalue weighted by Crippen LogP contribution is 2.19. The van der Waals surface area contributed by atoms with Gasteiger partial charge in [-0.05, 0) is 38.3 Å². The number of nitrogens with one attached hydrogen (secondary N) is 2. The Labute approximate surface area is 140 Å². The normalized spacial score (nSPS) is 18.3. The zero-order valence-electron chi connectivity index (χ0n) is 14.4. The van der Waals surface area contributed by atoms with Crippen molar-refractivity contribution >= 4 is 11.6 Å². The summed E-state index contributed by atoms with van der Waals surface area (Å²) in [5.74, 6) is 0.904. The largest absolute Gasteiger partial charge is 0.382 e. The molecule has 1 aliphatic rings. The van der Waals surface area contributed by atoms with Gasteiger partial charge in [0.1, 0.15) is 0 Å². The molecule has 1 heterocycles. The van der Waals surface area contributed by atoms with Crippen molar-refractivity contribution in [3.63, 3.8) is 0 Å². The first-order valence-corrected chi connectivity index (χ1v) is 8.68. The highest BCUT2D eigenvalue weighted by molar-refractivity contribution is 5.80. The summed E-state index contributed by atoms with van der Waals surface area (Å²) in [4.78, 5) is 6.75. The summed E-state index contributed by atoms with van der Waals surface area (Å²) in [6, 6.07) is 11.1. The molecule has 1 aromatic rings. The van der Waals surface area contributed by atoms with E-state index in [9.17, 15) is 0 Å². The standard InChI is InChI=1S/C18H30N4O/c1-3-23-14-8-7-12-20-18(19-2)21-16-11-13-22(15-16)17-9-5-4-6-10-17/h4-6,9-10,16H,3,7-8,11-15H2,1-2H3,(H2,19,20,21). The predicted octanol–water partition coefficient (Wildman–Crippen LogP) is 2.25. The molecule has 5 heteroatoms. The molecule has 0 aliphatic carbocycles. The zero-order chi connectivity index (χ0) is 16.3. The highest BCUT2D eigenvalue weighted by atomic mass is 16.5. The van der Waals surface area contributed by atoms with Crippen molar-refractivity contribution in [2.75, 3.05) is 44.8 Å². The third kappa shape index (κ3) is 6.10. The fourth-order valence-electron chi connectivity index (χ4n) is 2.82. The van der Waals surface area contributed by atoms with Gasteiger partial charge in [-0.2, -0.15) is 0 Å². The summed E-state index contributed by atoms with van der Waals surface area (Å²) in [5.41, 5.74) is 1.30. The van der Waals surface area contributed by atoms with E-state index in [0.29, 0.717) is 6.04 Å². The lowest BCUT2D eigenvalue weighted by molar-refractivity contribution is 0.143. The lowest BCUT2D eigenvalue weighted by Gasteiger charge is -2.20. The van der Waals surface area contributed by atoms with Gasteiger partial charge in [0.15, 0.2) is 5.96 Å². The van der Waals surface area contributed by atoms with Gasteiger partial charge in [0.2, 0.25) is 0 Å². The van der Waals surface area contributed by atoms with Gasteiger partial charge in [-0.25, -0.2) is 0 Å². The molecular weight excluding hydrogens is 288 g/mol. The van der Waals surface area contributed by atoms with E-state index in [4.69, 9.17) is 4.74 Å². The second-order valence-corrected chi connectivity index (χ2v) is 5.81. The molecule has 1 aromatic carbocycles. The minimum absolute atomic E-state index is 0.449. The maximum absolute atomic E-state index is 5.35. The predicted molar refractivity (Wildman–Crippen MR) is 97.3 cm³/mol. The molecule has 128 valence electrons. The summed E-state index contributed by atoms with van der Waals surface area (Å²) in [6.45, 7) is 6.73. The molecule has 0 spiro atoms. The fourth-order valence-corrected chi connectivity index (χ4v) is 2.82. The monoisotopic (exact) mass is 318 g/mol. The topological polar surface area (TPSA) is 48.9 Å². The van der Waals surface area contributed by atoms with Crippen LogP contribution >= 0.6 is 0 Å². The van der Waals surface area contributed by atoms with E-state index >= 15 is 0 Å². The van der Waals surface area contributed by atoms with Crippen molar-refractivity contribution in [3.8, 4) is 0 Å². The molecule has 0 saturated carbocycles. The van der Waals surface area contributed by atoms with Crippen LogP contribution < -0.4 is 15.5 Å². The minimum Gasteiger partial charge on any atom is -0.382 e. The number of aliphatic imine (C=N–C) groups is 1. The van der Waals surface area contributed by atoms with E-state index in [-0.39, 0.29) is 0 Å². The number of rotatable bonds is 8. The number of hydrogen-bond acceptors (Lipinski definition) is 3. The molecule has 1 unspecified atom stereocenters. The van der Waals surface area contributed by atoms with Crippen molar-refractivity contribution in [2.24, 2.45) is 4.99 Å². The number of anilines is 1. The van der Waals surface area contributed by atoms with Crippen molar-refractivity contribution in [3.05, 3.63) is 30.3 Å². The Morgan fingerprint density at radius 1 is 1.30 bits per heavy atom. The minimum atomic E-state index is 0.449. The van der Waals surface area contributed by atoms with Crippen molar-refractivity contribution in [1.29, 1.82) is 0 Å². The third-order valence-electron chi connectivity index (χ3n) is 4.09. The number of unbranched alkanes of at least 4 members (excludes halogenated alkanes) is 1. The Kier molecular flexibility index (Phi) is 7.73. The van der Waals surface area contributed by atoms with Crippen LogP contribution in [-0.4, -0.2) is 51.9 Å². The molecule has 1 fully saturated rings. The number of benzene rings is 1. The summed E-state index contributed by atoms with van der Waals surface area (Å²) in [5, 5.41) is 6.93. The van der Waals surface area contributed by atoms with Crippen LogP contribution in [0, 0.1) is 0 Å². The van der Waals surface area contributed by atoms with Gasteiger partial charge in [0, 0.05) is 51.6 Å². The Morgan fingerprint density at radius 2 is 2.13 bits per heavy atom. The van der Waals surface area contributed by atoms with Crippen molar-refractivity contribution < 1.29 is 4.74 Å². The molecule has 0 aromatic heterocycles. The number of ether oxygens (including phenoxy) is 1. The van der Waals surface area contributed by atoms with Gasteiger partial charge >= 0.3 is 0 Å². The number of nitrogens with zero attached hydrogens (tertiary/aromatic N) is 2. The molecule has 1 atom stereocenters. The highest BCUT2D eigenvalue weighted by Gasteiger charge is 2.23. The van der Waals surface area contributed by atoms with Crippen LogP contribution in [0.4, 0.5) is 5.69 Å². The van der Waals surface area contributed by atoms with Gasteiger partial charge < -0.3 is 20.3 Å².